The van der Waals surface area contributed by atoms with E-state index in [0.29, 0.717) is 40.6 Å². The van der Waals surface area contributed by atoms with Crippen LogP contribution in [-0.4, -0.2) is 22.3 Å². The molecule has 3 rings (SSSR count). The van der Waals surface area contributed by atoms with Crippen LogP contribution >= 0.6 is 23.2 Å². The van der Waals surface area contributed by atoms with Gasteiger partial charge in [0.05, 0.1) is 12.1 Å². The van der Waals surface area contributed by atoms with Crippen molar-refractivity contribution in [3.63, 3.8) is 0 Å². The van der Waals surface area contributed by atoms with Gasteiger partial charge in [0.15, 0.2) is 11.5 Å². The van der Waals surface area contributed by atoms with Crippen LogP contribution in [0.15, 0.2) is 42.7 Å². The number of methoxy groups -OCH3 is 1. The molecule has 0 saturated carbocycles. The van der Waals surface area contributed by atoms with Crippen LogP contribution < -0.4 is 14.8 Å². The van der Waals surface area contributed by atoms with Crippen molar-refractivity contribution >= 4 is 29.2 Å². The van der Waals surface area contributed by atoms with E-state index in [9.17, 15) is 0 Å². The van der Waals surface area contributed by atoms with E-state index >= 15 is 0 Å². The zero-order valence-electron chi connectivity index (χ0n) is 13.4. The molecule has 130 valence electrons. The minimum absolute atomic E-state index is 0.364. The molecule has 8 heteroatoms. The van der Waals surface area contributed by atoms with Gasteiger partial charge in [-0.25, -0.2) is 10.1 Å². The predicted molar refractivity (Wildman–Crippen MR) is 97.5 cm³/mol. The molecule has 0 fully saturated rings. The number of aromatic nitrogens is 3. The number of ether oxygens (including phenoxy) is 2. The molecule has 1 aromatic heterocycles. The summed E-state index contributed by atoms with van der Waals surface area (Å²) in [7, 11) is 1.58. The highest BCUT2D eigenvalue weighted by Crippen LogP contribution is 2.37. The lowest BCUT2D eigenvalue weighted by atomic mass is 10.2. The van der Waals surface area contributed by atoms with E-state index in [1.165, 1.54) is 6.33 Å². The van der Waals surface area contributed by atoms with Crippen molar-refractivity contribution in [3.8, 4) is 11.5 Å². The van der Waals surface area contributed by atoms with E-state index in [1.807, 2.05) is 36.4 Å². The quantitative estimate of drug-likeness (QED) is 0.640. The molecule has 6 nitrogen and oxygen atoms in total. The largest absolute Gasteiger partial charge is 0.493 e. The Hall–Kier alpha value is -2.44. The Bertz CT molecular complexity index is 823. The number of nitrogens with one attached hydrogen (secondary N) is 2. The third-order valence-electron chi connectivity index (χ3n) is 3.46. The first-order chi connectivity index (χ1) is 12.2. The van der Waals surface area contributed by atoms with Crippen LogP contribution in [0, 0.1) is 0 Å². The van der Waals surface area contributed by atoms with Crippen LogP contribution in [0.1, 0.15) is 11.1 Å². The maximum Gasteiger partial charge on any atom is 0.218 e. The zero-order chi connectivity index (χ0) is 17.6. The van der Waals surface area contributed by atoms with Crippen LogP contribution in [0.3, 0.4) is 0 Å². The van der Waals surface area contributed by atoms with Crippen LogP contribution in [0.25, 0.3) is 0 Å². The summed E-state index contributed by atoms with van der Waals surface area (Å²) >= 11 is 12.3. The number of nitrogens with zero attached hydrogens (tertiary/aromatic N) is 2. The van der Waals surface area contributed by atoms with Gasteiger partial charge in [-0.3, -0.25) is 0 Å². The normalized spacial score (nSPS) is 10.5. The smallest absolute Gasteiger partial charge is 0.218 e. The standard InChI is InChI=1S/C17H16Cl2N4O2/c1-24-15-7-12(8-20-17-21-10-22-23-17)6-14(19)16(15)25-9-11-2-4-13(18)5-3-11/h2-7,10H,8-9H2,1H3,(H2,20,21,22,23). The monoisotopic (exact) mass is 378 g/mol. The highest BCUT2D eigenvalue weighted by atomic mass is 35.5. The topological polar surface area (TPSA) is 72.1 Å². The van der Waals surface area contributed by atoms with Gasteiger partial charge in [-0.1, -0.05) is 35.3 Å². The zero-order valence-corrected chi connectivity index (χ0v) is 14.9. The van der Waals surface area contributed by atoms with Crippen molar-refractivity contribution in [2.24, 2.45) is 0 Å². The Morgan fingerprint density at radius 2 is 1.92 bits per heavy atom. The van der Waals surface area contributed by atoms with E-state index in [4.69, 9.17) is 32.7 Å². The average Bonchev–Trinajstić information content (AvgIpc) is 3.13. The molecule has 0 atom stereocenters. The van der Waals surface area contributed by atoms with Gasteiger partial charge in [-0.2, -0.15) is 5.10 Å². The van der Waals surface area contributed by atoms with E-state index in [0.717, 1.165) is 11.1 Å². The fraction of sp³-hybridized carbons (Fsp3) is 0.176. The Morgan fingerprint density at radius 1 is 1.12 bits per heavy atom. The van der Waals surface area contributed by atoms with Crippen molar-refractivity contribution in [2.75, 3.05) is 12.4 Å². The van der Waals surface area contributed by atoms with E-state index in [1.54, 1.807) is 7.11 Å². The first-order valence-electron chi connectivity index (χ1n) is 7.48. The van der Waals surface area contributed by atoms with Crippen molar-refractivity contribution in [2.45, 2.75) is 13.2 Å². The summed E-state index contributed by atoms with van der Waals surface area (Å²) in [5.41, 5.74) is 1.91. The summed E-state index contributed by atoms with van der Waals surface area (Å²) < 4.78 is 11.3. The summed E-state index contributed by atoms with van der Waals surface area (Å²) in [6, 6.07) is 11.1. The lowest BCUT2D eigenvalue weighted by Crippen LogP contribution is -2.03. The van der Waals surface area contributed by atoms with Gasteiger partial charge >= 0.3 is 0 Å². The van der Waals surface area contributed by atoms with Gasteiger partial charge in [0.25, 0.3) is 0 Å². The van der Waals surface area contributed by atoms with Gasteiger partial charge in [0, 0.05) is 11.6 Å². The molecule has 1 heterocycles. The SMILES string of the molecule is COc1cc(CNc2ncn[nH]2)cc(Cl)c1OCc1ccc(Cl)cc1. The van der Waals surface area contributed by atoms with Crippen molar-refractivity contribution < 1.29 is 9.47 Å². The van der Waals surface area contributed by atoms with Crippen LogP contribution in [0.2, 0.25) is 10.0 Å². The molecular formula is C17H16Cl2N4O2. The van der Waals surface area contributed by atoms with Crippen molar-refractivity contribution in [1.82, 2.24) is 15.2 Å². The molecule has 0 bridgehead atoms. The Morgan fingerprint density at radius 3 is 2.60 bits per heavy atom. The molecule has 0 aliphatic heterocycles. The Labute approximate surface area is 155 Å². The number of H-pyrrole nitrogens is 1. The maximum atomic E-state index is 6.38. The number of halogens is 2. The fourth-order valence-electron chi connectivity index (χ4n) is 2.23. The summed E-state index contributed by atoms with van der Waals surface area (Å²) in [6.45, 7) is 0.881. The minimum Gasteiger partial charge on any atom is -0.493 e. The lowest BCUT2D eigenvalue weighted by Gasteiger charge is -2.14. The molecule has 0 unspecified atom stereocenters. The predicted octanol–water partition coefficient (Wildman–Crippen LogP) is 4.31. The van der Waals surface area contributed by atoms with Gasteiger partial charge in [0.2, 0.25) is 5.95 Å². The summed E-state index contributed by atoms with van der Waals surface area (Å²) in [4.78, 5) is 4.01. The van der Waals surface area contributed by atoms with Gasteiger partial charge < -0.3 is 14.8 Å². The molecule has 0 aliphatic rings. The third kappa shape index (κ3) is 4.55. The van der Waals surface area contributed by atoms with Crippen molar-refractivity contribution in [1.29, 1.82) is 0 Å². The molecule has 0 radical (unpaired) electrons. The fourth-order valence-corrected chi connectivity index (χ4v) is 2.64. The molecule has 0 saturated heterocycles. The van der Waals surface area contributed by atoms with Crippen LogP contribution in [0.5, 0.6) is 11.5 Å². The molecule has 3 aromatic rings. The second-order valence-corrected chi connectivity index (χ2v) is 6.06. The molecule has 2 N–H and O–H groups in total. The second-order valence-electron chi connectivity index (χ2n) is 5.21. The van der Waals surface area contributed by atoms with Gasteiger partial charge in [0.1, 0.15) is 12.9 Å². The number of hydrogen-bond donors (Lipinski definition) is 2. The van der Waals surface area contributed by atoms with E-state index in [2.05, 4.69) is 20.5 Å². The number of aromatic amines is 1. The summed E-state index contributed by atoms with van der Waals surface area (Å²) in [6.07, 6.45) is 1.43. The van der Waals surface area contributed by atoms with Gasteiger partial charge in [-0.15, -0.1) is 0 Å². The average molecular weight is 379 g/mol. The molecule has 0 spiro atoms. The molecule has 2 aromatic carbocycles. The first-order valence-corrected chi connectivity index (χ1v) is 8.24. The van der Waals surface area contributed by atoms with E-state index in [-0.39, 0.29) is 0 Å². The van der Waals surface area contributed by atoms with Crippen LogP contribution in [0.4, 0.5) is 5.95 Å². The Kier molecular flexibility index (Phi) is 5.63. The van der Waals surface area contributed by atoms with E-state index < -0.39 is 0 Å². The molecule has 25 heavy (non-hydrogen) atoms. The molecular weight excluding hydrogens is 363 g/mol. The first kappa shape index (κ1) is 17.4. The number of rotatable bonds is 7. The maximum absolute atomic E-state index is 6.38. The Balaban J connectivity index is 1.71. The number of benzene rings is 2. The highest BCUT2D eigenvalue weighted by Gasteiger charge is 2.12. The summed E-state index contributed by atoms with van der Waals surface area (Å²) in [5.74, 6) is 1.65. The highest BCUT2D eigenvalue weighted by molar-refractivity contribution is 6.32. The number of hydrogen-bond acceptors (Lipinski definition) is 5. The van der Waals surface area contributed by atoms with Crippen molar-refractivity contribution in [3.05, 3.63) is 63.9 Å². The molecule has 0 amide bonds. The van der Waals surface area contributed by atoms with Gasteiger partial charge in [-0.05, 0) is 35.4 Å². The minimum atomic E-state index is 0.364. The summed E-state index contributed by atoms with van der Waals surface area (Å²) in [5, 5.41) is 10.8. The number of anilines is 1. The molecule has 0 aliphatic carbocycles. The van der Waals surface area contributed by atoms with Crippen LogP contribution in [-0.2, 0) is 13.2 Å². The lowest BCUT2D eigenvalue weighted by molar-refractivity contribution is 0.284. The second kappa shape index (κ2) is 8.09. The third-order valence-corrected chi connectivity index (χ3v) is 3.99.